The van der Waals surface area contributed by atoms with E-state index in [-0.39, 0.29) is 5.97 Å². The SMILES string of the molecule is CC(=O)Oc1ccc(SCCN)cc1. The molecule has 14 heavy (non-hydrogen) atoms. The molecular formula is C10H13NO2S. The summed E-state index contributed by atoms with van der Waals surface area (Å²) in [5.74, 6) is 1.18. The first-order valence-corrected chi connectivity index (χ1v) is 5.32. The molecule has 0 aliphatic heterocycles. The lowest BCUT2D eigenvalue weighted by atomic mass is 10.3. The van der Waals surface area contributed by atoms with Crippen LogP contribution in [0.4, 0.5) is 0 Å². The van der Waals surface area contributed by atoms with Gasteiger partial charge in [-0.05, 0) is 24.3 Å². The molecule has 0 aliphatic rings. The molecular weight excluding hydrogens is 198 g/mol. The second kappa shape index (κ2) is 5.67. The zero-order valence-corrected chi connectivity index (χ0v) is 8.84. The van der Waals surface area contributed by atoms with Gasteiger partial charge in [0.15, 0.2) is 0 Å². The molecule has 1 rings (SSSR count). The molecule has 0 fully saturated rings. The molecule has 0 unspecified atom stereocenters. The Balaban J connectivity index is 2.54. The van der Waals surface area contributed by atoms with E-state index in [9.17, 15) is 4.79 Å². The van der Waals surface area contributed by atoms with E-state index in [1.165, 1.54) is 6.92 Å². The van der Waals surface area contributed by atoms with Gasteiger partial charge in [-0.1, -0.05) is 0 Å². The van der Waals surface area contributed by atoms with Crippen LogP contribution in [0.1, 0.15) is 6.92 Å². The zero-order chi connectivity index (χ0) is 10.4. The molecule has 0 atom stereocenters. The summed E-state index contributed by atoms with van der Waals surface area (Å²) in [6.07, 6.45) is 0. The quantitative estimate of drug-likeness (QED) is 0.467. The van der Waals surface area contributed by atoms with Gasteiger partial charge in [0.1, 0.15) is 5.75 Å². The highest BCUT2D eigenvalue weighted by Gasteiger charge is 1.98. The zero-order valence-electron chi connectivity index (χ0n) is 8.03. The molecule has 4 heteroatoms. The van der Waals surface area contributed by atoms with Gasteiger partial charge in [-0.2, -0.15) is 0 Å². The Bertz CT molecular complexity index is 297. The van der Waals surface area contributed by atoms with Crippen molar-refractivity contribution < 1.29 is 9.53 Å². The predicted octanol–water partition coefficient (Wildman–Crippen LogP) is 1.66. The summed E-state index contributed by atoms with van der Waals surface area (Å²) < 4.78 is 4.90. The maximum atomic E-state index is 10.6. The van der Waals surface area contributed by atoms with Crippen molar-refractivity contribution in [2.45, 2.75) is 11.8 Å². The van der Waals surface area contributed by atoms with Crippen molar-refractivity contribution in [2.24, 2.45) is 5.73 Å². The number of rotatable bonds is 4. The Morgan fingerprint density at radius 3 is 2.57 bits per heavy atom. The fourth-order valence-electron chi connectivity index (χ4n) is 0.947. The highest BCUT2D eigenvalue weighted by Crippen LogP contribution is 2.20. The Morgan fingerprint density at radius 2 is 2.07 bits per heavy atom. The number of carbonyl (C=O) groups is 1. The van der Waals surface area contributed by atoms with Gasteiger partial charge in [0.2, 0.25) is 0 Å². The summed E-state index contributed by atoms with van der Waals surface area (Å²) in [7, 11) is 0. The van der Waals surface area contributed by atoms with Crippen LogP contribution in [-0.2, 0) is 4.79 Å². The van der Waals surface area contributed by atoms with E-state index in [1.54, 1.807) is 23.9 Å². The van der Waals surface area contributed by atoms with Crippen molar-refractivity contribution >= 4 is 17.7 Å². The molecule has 3 nitrogen and oxygen atoms in total. The average Bonchev–Trinajstić information content (AvgIpc) is 2.16. The van der Waals surface area contributed by atoms with Gasteiger partial charge >= 0.3 is 5.97 Å². The molecule has 0 radical (unpaired) electrons. The minimum atomic E-state index is -0.299. The molecule has 76 valence electrons. The fraction of sp³-hybridized carbons (Fsp3) is 0.300. The summed E-state index contributed by atoms with van der Waals surface area (Å²) in [5.41, 5.74) is 5.38. The second-order valence-corrected chi connectivity index (χ2v) is 3.87. The summed E-state index contributed by atoms with van der Waals surface area (Å²) >= 11 is 1.68. The largest absolute Gasteiger partial charge is 0.427 e. The second-order valence-electron chi connectivity index (χ2n) is 2.70. The van der Waals surface area contributed by atoms with Crippen LogP contribution in [0.3, 0.4) is 0 Å². The number of esters is 1. The highest BCUT2D eigenvalue weighted by atomic mass is 32.2. The molecule has 0 aromatic heterocycles. The molecule has 1 aromatic rings. The molecule has 0 aliphatic carbocycles. The summed E-state index contributed by atoms with van der Waals surface area (Å²) in [6, 6.07) is 7.39. The third-order valence-corrected chi connectivity index (χ3v) is 2.52. The Kier molecular flexibility index (Phi) is 4.49. The van der Waals surface area contributed by atoms with E-state index < -0.39 is 0 Å². The summed E-state index contributed by atoms with van der Waals surface area (Å²) in [4.78, 5) is 11.8. The van der Waals surface area contributed by atoms with Gasteiger partial charge in [0.25, 0.3) is 0 Å². The first-order valence-electron chi connectivity index (χ1n) is 4.33. The van der Waals surface area contributed by atoms with Crippen molar-refractivity contribution in [3.05, 3.63) is 24.3 Å². The number of hydrogen-bond donors (Lipinski definition) is 1. The standard InChI is InChI=1S/C10H13NO2S/c1-8(12)13-9-2-4-10(5-3-9)14-7-6-11/h2-5H,6-7,11H2,1H3. The van der Waals surface area contributed by atoms with Crippen molar-refractivity contribution in [3.63, 3.8) is 0 Å². The molecule has 1 aromatic carbocycles. The smallest absolute Gasteiger partial charge is 0.308 e. The number of ether oxygens (including phenoxy) is 1. The van der Waals surface area contributed by atoms with Crippen LogP contribution in [0.5, 0.6) is 5.75 Å². The van der Waals surface area contributed by atoms with Crippen LogP contribution in [0.15, 0.2) is 29.2 Å². The Hall–Kier alpha value is -1.00. The Labute approximate surface area is 87.6 Å². The molecule has 0 saturated carbocycles. The van der Waals surface area contributed by atoms with Crippen LogP contribution < -0.4 is 10.5 Å². The molecule has 0 bridgehead atoms. The monoisotopic (exact) mass is 211 g/mol. The molecule has 0 spiro atoms. The first-order chi connectivity index (χ1) is 6.72. The van der Waals surface area contributed by atoms with Gasteiger partial charge in [0, 0.05) is 24.1 Å². The maximum absolute atomic E-state index is 10.6. The van der Waals surface area contributed by atoms with Gasteiger partial charge < -0.3 is 10.5 Å². The lowest BCUT2D eigenvalue weighted by Gasteiger charge is -2.02. The van der Waals surface area contributed by atoms with E-state index in [1.807, 2.05) is 12.1 Å². The number of nitrogens with two attached hydrogens (primary N) is 1. The maximum Gasteiger partial charge on any atom is 0.308 e. The van der Waals surface area contributed by atoms with E-state index in [2.05, 4.69) is 0 Å². The fourth-order valence-corrected chi connectivity index (χ4v) is 1.63. The van der Waals surface area contributed by atoms with Crippen molar-refractivity contribution in [1.29, 1.82) is 0 Å². The van der Waals surface area contributed by atoms with Gasteiger partial charge in [-0.3, -0.25) is 4.79 Å². The first kappa shape index (κ1) is 11.1. The summed E-state index contributed by atoms with van der Waals surface area (Å²) in [6.45, 7) is 2.05. The van der Waals surface area contributed by atoms with Crippen LogP contribution in [0.25, 0.3) is 0 Å². The minimum Gasteiger partial charge on any atom is -0.427 e. The number of hydrogen-bond acceptors (Lipinski definition) is 4. The van der Waals surface area contributed by atoms with Crippen LogP contribution >= 0.6 is 11.8 Å². The van der Waals surface area contributed by atoms with Crippen LogP contribution in [0.2, 0.25) is 0 Å². The number of benzene rings is 1. The summed E-state index contributed by atoms with van der Waals surface area (Å²) in [5, 5.41) is 0. The molecule has 0 heterocycles. The Morgan fingerprint density at radius 1 is 1.43 bits per heavy atom. The van der Waals surface area contributed by atoms with Crippen molar-refractivity contribution in [1.82, 2.24) is 0 Å². The van der Waals surface area contributed by atoms with Gasteiger partial charge in [-0.15, -0.1) is 11.8 Å². The molecule has 2 N–H and O–H groups in total. The van der Waals surface area contributed by atoms with Crippen molar-refractivity contribution in [3.8, 4) is 5.75 Å². The van der Waals surface area contributed by atoms with Gasteiger partial charge in [0.05, 0.1) is 0 Å². The van der Waals surface area contributed by atoms with E-state index in [0.29, 0.717) is 12.3 Å². The van der Waals surface area contributed by atoms with E-state index >= 15 is 0 Å². The minimum absolute atomic E-state index is 0.299. The third kappa shape index (κ3) is 3.81. The van der Waals surface area contributed by atoms with E-state index in [4.69, 9.17) is 10.5 Å². The van der Waals surface area contributed by atoms with Crippen molar-refractivity contribution in [2.75, 3.05) is 12.3 Å². The molecule has 0 saturated heterocycles. The topological polar surface area (TPSA) is 52.3 Å². The lowest BCUT2D eigenvalue weighted by molar-refractivity contribution is -0.131. The highest BCUT2D eigenvalue weighted by molar-refractivity contribution is 7.99. The average molecular weight is 211 g/mol. The molecule has 0 amide bonds. The normalized spacial score (nSPS) is 9.86. The van der Waals surface area contributed by atoms with Crippen LogP contribution in [-0.4, -0.2) is 18.3 Å². The number of thioether (sulfide) groups is 1. The van der Waals surface area contributed by atoms with Crippen LogP contribution in [0, 0.1) is 0 Å². The third-order valence-electron chi connectivity index (χ3n) is 1.47. The van der Waals surface area contributed by atoms with Gasteiger partial charge in [-0.25, -0.2) is 0 Å². The lowest BCUT2D eigenvalue weighted by Crippen LogP contribution is -2.01. The van der Waals surface area contributed by atoms with E-state index in [0.717, 1.165) is 10.6 Å². The predicted molar refractivity (Wildman–Crippen MR) is 57.5 cm³/mol. The number of carbonyl (C=O) groups excluding carboxylic acids is 1.